The number of imidazole rings is 1. The maximum absolute atomic E-state index is 13.6. The number of Topliss-reactive ketones (excluding diaryl/α,β-unsaturated/α-hetero) is 1. The van der Waals surface area contributed by atoms with Crippen molar-refractivity contribution in [2.45, 2.75) is 5.16 Å². The van der Waals surface area contributed by atoms with E-state index in [9.17, 15) is 9.18 Å². The molecule has 4 nitrogen and oxygen atoms in total. The number of aromatic nitrogens is 3. The fraction of sp³-hybridized carbons (Fsp3) is 0.133. The van der Waals surface area contributed by atoms with Crippen molar-refractivity contribution in [1.29, 1.82) is 0 Å². The van der Waals surface area contributed by atoms with Crippen LogP contribution in [0.3, 0.4) is 0 Å². The fourth-order valence-electron chi connectivity index (χ4n) is 2.03. The van der Waals surface area contributed by atoms with Gasteiger partial charge in [0, 0.05) is 13.2 Å². The van der Waals surface area contributed by atoms with Gasteiger partial charge in [0.05, 0.1) is 11.3 Å². The zero-order valence-electron chi connectivity index (χ0n) is 11.3. The summed E-state index contributed by atoms with van der Waals surface area (Å²) < 4.78 is 15.4. The van der Waals surface area contributed by atoms with Crippen molar-refractivity contribution in [3.8, 4) is 0 Å². The smallest absolute Gasteiger partial charge is 0.176 e. The number of rotatable bonds is 4. The van der Waals surface area contributed by atoms with E-state index in [2.05, 4.69) is 9.97 Å². The monoisotopic (exact) mass is 301 g/mol. The number of carbonyl (C=O) groups is 1. The molecule has 0 aliphatic carbocycles. The molecule has 0 amide bonds. The first-order valence-electron chi connectivity index (χ1n) is 6.35. The van der Waals surface area contributed by atoms with E-state index >= 15 is 0 Å². The number of benzene rings is 1. The highest BCUT2D eigenvalue weighted by Crippen LogP contribution is 2.22. The molecule has 0 aliphatic rings. The molecule has 0 saturated heterocycles. The Balaban J connectivity index is 1.79. The number of hydrogen-bond acceptors (Lipinski definition) is 4. The van der Waals surface area contributed by atoms with E-state index in [0.717, 1.165) is 11.2 Å². The quantitative estimate of drug-likeness (QED) is 0.549. The second kappa shape index (κ2) is 5.65. The molecule has 1 aromatic carbocycles. The first kappa shape index (κ1) is 13.8. The Labute approximate surface area is 125 Å². The molecule has 0 bridgehead atoms. The van der Waals surface area contributed by atoms with Crippen LogP contribution in [0.25, 0.3) is 11.2 Å². The molecule has 0 fully saturated rings. The number of fused-ring (bicyclic) bond motifs is 1. The molecule has 2 aromatic heterocycles. The third-order valence-corrected chi connectivity index (χ3v) is 4.12. The predicted molar refractivity (Wildman–Crippen MR) is 80.0 cm³/mol. The summed E-state index contributed by atoms with van der Waals surface area (Å²) in [5.41, 5.74) is 1.65. The highest BCUT2D eigenvalue weighted by atomic mass is 32.2. The van der Waals surface area contributed by atoms with Gasteiger partial charge in [0.2, 0.25) is 0 Å². The van der Waals surface area contributed by atoms with Crippen molar-refractivity contribution >= 4 is 28.7 Å². The summed E-state index contributed by atoms with van der Waals surface area (Å²) in [5, 5.41) is 0.688. The highest BCUT2D eigenvalue weighted by molar-refractivity contribution is 7.99. The predicted octanol–water partition coefficient (Wildman–Crippen LogP) is 3.08. The molecule has 21 heavy (non-hydrogen) atoms. The van der Waals surface area contributed by atoms with Gasteiger partial charge in [0.15, 0.2) is 16.6 Å². The maximum atomic E-state index is 13.6. The van der Waals surface area contributed by atoms with Gasteiger partial charge in [-0.05, 0) is 24.3 Å². The number of halogens is 1. The zero-order valence-corrected chi connectivity index (χ0v) is 12.1. The summed E-state index contributed by atoms with van der Waals surface area (Å²) >= 11 is 1.28. The van der Waals surface area contributed by atoms with E-state index in [1.165, 1.54) is 23.9 Å². The van der Waals surface area contributed by atoms with Crippen molar-refractivity contribution in [3.05, 3.63) is 54.0 Å². The Kier molecular flexibility index (Phi) is 3.70. The van der Waals surface area contributed by atoms with Crippen LogP contribution in [0.4, 0.5) is 4.39 Å². The topological polar surface area (TPSA) is 47.8 Å². The first-order chi connectivity index (χ1) is 10.2. The Hall–Kier alpha value is -2.21. The van der Waals surface area contributed by atoms with Gasteiger partial charge < -0.3 is 4.57 Å². The van der Waals surface area contributed by atoms with Gasteiger partial charge in [0.1, 0.15) is 11.3 Å². The van der Waals surface area contributed by atoms with Crippen molar-refractivity contribution in [2.75, 3.05) is 5.75 Å². The van der Waals surface area contributed by atoms with Crippen molar-refractivity contribution < 1.29 is 9.18 Å². The molecule has 0 aliphatic heterocycles. The number of aryl methyl sites for hydroxylation is 1. The lowest BCUT2D eigenvalue weighted by Crippen LogP contribution is -2.06. The average Bonchev–Trinajstić information content (AvgIpc) is 2.82. The maximum Gasteiger partial charge on any atom is 0.176 e. The van der Waals surface area contributed by atoms with Gasteiger partial charge >= 0.3 is 0 Å². The van der Waals surface area contributed by atoms with Crippen LogP contribution >= 0.6 is 11.8 Å². The minimum atomic E-state index is -0.491. The number of pyridine rings is 1. The van der Waals surface area contributed by atoms with Gasteiger partial charge in [-0.1, -0.05) is 23.9 Å². The normalized spacial score (nSPS) is 11.0. The number of carbonyl (C=O) groups excluding carboxylic acids is 1. The molecule has 0 unspecified atom stereocenters. The van der Waals surface area contributed by atoms with E-state index < -0.39 is 5.82 Å². The molecule has 0 atom stereocenters. The highest BCUT2D eigenvalue weighted by Gasteiger charge is 2.14. The molecule has 3 rings (SSSR count). The summed E-state index contributed by atoms with van der Waals surface area (Å²) in [6, 6.07) is 9.68. The molecule has 106 valence electrons. The Morgan fingerprint density at radius 2 is 2.10 bits per heavy atom. The molecule has 3 aromatic rings. The minimum absolute atomic E-state index is 0.113. The second-order valence-corrected chi connectivity index (χ2v) is 5.43. The lowest BCUT2D eigenvalue weighted by atomic mass is 10.1. The van der Waals surface area contributed by atoms with E-state index in [0.29, 0.717) is 5.16 Å². The fourth-order valence-corrected chi connectivity index (χ4v) is 2.89. The van der Waals surface area contributed by atoms with Crippen LogP contribution in [0.1, 0.15) is 10.4 Å². The van der Waals surface area contributed by atoms with Crippen LogP contribution in [-0.4, -0.2) is 26.1 Å². The molecule has 0 N–H and O–H groups in total. The summed E-state index contributed by atoms with van der Waals surface area (Å²) in [5.74, 6) is -0.606. The number of ketones is 1. The van der Waals surface area contributed by atoms with Crippen molar-refractivity contribution in [3.63, 3.8) is 0 Å². The lowest BCUT2D eigenvalue weighted by Gasteiger charge is -2.03. The van der Waals surface area contributed by atoms with Gasteiger partial charge in [0.25, 0.3) is 0 Å². The largest absolute Gasteiger partial charge is 0.307 e. The third kappa shape index (κ3) is 2.67. The van der Waals surface area contributed by atoms with E-state index in [-0.39, 0.29) is 17.1 Å². The van der Waals surface area contributed by atoms with Crippen LogP contribution in [0.15, 0.2) is 47.8 Å². The van der Waals surface area contributed by atoms with E-state index in [1.54, 1.807) is 18.3 Å². The number of hydrogen-bond donors (Lipinski definition) is 0. The molecule has 0 radical (unpaired) electrons. The first-order valence-corrected chi connectivity index (χ1v) is 7.33. The summed E-state index contributed by atoms with van der Waals surface area (Å²) in [4.78, 5) is 20.7. The number of thioether (sulfide) groups is 1. The SMILES string of the molecule is Cn1c(SCC(=O)c2ccccc2F)nc2cccnc21. The summed E-state index contributed by atoms with van der Waals surface area (Å²) in [7, 11) is 1.85. The second-order valence-electron chi connectivity index (χ2n) is 4.49. The van der Waals surface area contributed by atoms with E-state index in [4.69, 9.17) is 0 Å². The van der Waals surface area contributed by atoms with Crippen LogP contribution in [0.2, 0.25) is 0 Å². The standard InChI is InChI=1S/C15H12FN3OS/c1-19-14-12(7-4-8-17-14)18-15(19)21-9-13(20)10-5-2-3-6-11(10)16/h2-8H,9H2,1H3. The Morgan fingerprint density at radius 3 is 2.86 bits per heavy atom. The van der Waals surface area contributed by atoms with Gasteiger partial charge in [-0.25, -0.2) is 14.4 Å². The van der Waals surface area contributed by atoms with E-state index in [1.807, 2.05) is 23.7 Å². The Morgan fingerprint density at radius 1 is 1.29 bits per heavy atom. The van der Waals surface area contributed by atoms with Crippen LogP contribution in [0, 0.1) is 5.82 Å². The zero-order chi connectivity index (χ0) is 14.8. The molecular weight excluding hydrogens is 289 g/mol. The summed E-state index contributed by atoms with van der Waals surface area (Å²) in [6.07, 6.45) is 1.70. The average molecular weight is 301 g/mol. The van der Waals surface area contributed by atoms with Gasteiger partial charge in [-0.15, -0.1) is 0 Å². The van der Waals surface area contributed by atoms with Crippen molar-refractivity contribution in [2.24, 2.45) is 7.05 Å². The minimum Gasteiger partial charge on any atom is -0.307 e. The van der Waals surface area contributed by atoms with Crippen LogP contribution in [0.5, 0.6) is 0 Å². The molecule has 2 heterocycles. The van der Waals surface area contributed by atoms with Crippen LogP contribution in [-0.2, 0) is 7.05 Å². The summed E-state index contributed by atoms with van der Waals surface area (Å²) in [6.45, 7) is 0. The molecule has 0 spiro atoms. The van der Waals surface area contributed by atoms with Gasteiger partial charge in [-0.2, -0.15) is 0 Å². The van der Waals surface area contributed by atoms with Gasteiger partial charge in [-0.3, -0.25) is 4.79 Å². The van der Waals surface area contributed by atoms with Crippen molar-refractivity contribution in [1.82, 2.24) is 14.5 Å². The molecule has 0 saturated carbocycles. The number of nitrogens with zero attached hydrogens (tertiary/aromatic N) is 3. The molecule has 6 heteroatoms. The third-order valence-electron chi connectivity index (χ3n) is 3.09. The molecular formula is C15H12FN3OS. The lowest BCUT2D eigenvalue weighted by molar-refractivity contribution is 0.101. The van der Waals surface area contributed by atoms with Crippen LogP contribution < -0.4 is 0 Å². The Bertz CT molecular complexity index is 816.